The van der Waals surface area contributed by atoms with Crippen molar-refractivity contribution in [2.45, 2.75) is 31.7 Å². The number of fused-ring (bicyclic) bond motifs is 1. The molecular weight excluding hydrogens is 354 g/mol. The molecule has 0 heterocycles. The maximum absolute atomic E-state index is 12.1. The highest BCUT2D eigenvalue weighted by Gasteiger charge is 2.23. The maximum Gasteiger partial charge on any atom is 0.220 e. The Hall–Kier alpha value is -1.94. The van der Waals surface area contributed by atoms with Crippen molar-refractivity contribution in [3.8, 4) is 0 Å². The molecular formula is C19H18BrNO2. The number of ketones is 1. The monoisotopic (exact) mass is 371 g/mol. The zero-order valence-corrected chi connectivity index (χ0v) is 14.3. The summed E-state index contributed by atoms with van der Waals surface area (Å²) in [7, 11) is 0. The van der Waals surface area contributed by atoms with Crippen LogP contribution >= 0.6 is 15.9 Å². The van der Waals surface area contributed by atoms with Crippen LogP contribution in [0.2, 0.25) is 0 Å². The first-order valence-electron chi connectivity index (χ1n) is 7.79. The quantitative estimate of drug-likeness (QED) is 0.799. The second kappa shape index (κ2) is 7.09. The molecule has 2 aromatic carbocycles. The van der Waals surface area contributed by atoms with Gasteiger partial charge in [0.2, 0.25) is 5.91 Å². The molecule has 1 N–H and O–H groups in total. The van der Waals surface area contributed by atoms with Crippen molar-refractivity contribution in [1.29, 1.82) is 0 Å². The molecule has 3 rings (SSSR count). The predicted molar refractivity (Wildman–Crippen MR) is 93.4 cm³/mol. The lowest BCUT2D eigenvalue weighted by Crippen LogP contribution is -2.27. The lowest BCUT2D eigenvalue weighted by molar-refractivity contribution is -0.121. The van der Waals surface area contributed by atoms with E-state index in [-0.39, 0.29) is 30.6 Å². The Morgan fingerprint density at radius 1 is 1.04 bits per heavy atom. The van der Waals surface area contributed by atoms with Gasteiger partial charge in [-0.15, -0.1) is 0 Å². The summed E-state index contributed by atoms with van der Waals surface area (Å²) in [5.74, 6) is -0.0587. The Bertz CT molecular complexity index is 724. The van der Waals surface area contributed by atoms with E-state index in [1.165, 1.54) is 11.1 Å². The van der Waals surface area contributed by atoms with Gasteiger partial charge in [0.15, 0.2) is 5.78 Å². The molecule has 1 amide bonds. The number of benzene rings is 2. The van der Waals surface area contributed by atoms with E-state index in [0.29, 0.717) is 5.56 Å². The number of rotatable bonds is 5. The highest BCUT2D eigenvalue weighted by molar-refractivity contribution is 9.10. The molecule has 23 heavy (non-hydrogen) atoms. The molecule has 4 heteroatoms. The minimum absolute atomic E-state index is 0.000489. The average molecular weight is 372 g/mol. The zero-order chi connectivity index (χ0) is 16.2. The molecule has 0 fully saturated rings. The number of amides is 1. The number of carbonyl (C=O) groups is 2. The fourth-order valence-corrected chi connectivity index (χ4v) is 3.25. The Morgan fingerprint density at radius 3 is 2.57 bits per heavy atom. The average Bonchev–Trinajstić information content (AvgIpc) is 2.96. The summed E-state index contributed by atoms with van der Waals surface area (Å²) in [4.78, 5) is 24.2. The van der Waals surface area contributed by atoms with Crippen LogP contribution in [0.15, 0.2) is 53.0 Å². The Labute approximate surface area is 144 Å². The first-order chi connectivity index (χ1) is 11.1. The predicted octanol–water partition coefficient (Wildman–Crippen LogP) is 4.22. The van der Waals surface area contributed by atoms with Gasteiger partial charge in [-0.2, -0.15) is 0 Å². The van der Waals surface area contributed by atoms with E-state index >= 15 is 0 Å². The molecule has 0 saturated heterocycles. The molecule has 0 aliphatic heterocycles. The summed E-state index contributed by atoms with van der Waals surface area (Å²) in [6, 6.07) is 15.5. The fraction of sp³-hybridized carbons (Fsp3) is 0.263. The zero-order valence-electron chi connectivity index (χ0n) is 12.7. The summed E-state index contributed by atoms with van der Waals surface area (Å²) in [6.45, 7) is 0. The van der Waals surface area contributed by atoms with Crippen LogP contribution in [0.4, 0.5) is 0 Å². The first kappa shape index (κ1) is 15.9. The van der Waals surface area contributed by atoms with Crippen molar-refractivity contribution < 1.29 is 9.59 Å². The number of hydrogen-bond donors (Lipinski definition) is 1. The molecule has 2 aromatic rings. The van der Waals surface area contributed by atoms with Crippen LogP contribution in [0.1, 0.15) is 46.8 Å². The van der Waals surface area contributed by atoms with Crippen molar-refractivity contribution >= 4 is 27.6 Å². The molecule has 0 radical (unpaired) electrons. The highest BCUT2D eigenvalue weighted by Crippen LogP contribution is 2.30. The number of halogens is 1. The molecule has 1 aliphatic carbocycles. The van der Waals surface area contributed by atoms with E-state index in [2.05, 4.69) is 33.4 Å². The number of nitrogens with one attached hydrogen (secondary N) is 1. The Balaban J connectivity index is 1.52. The van der Waals surface area contributed by atoms with Crippen molar-refractivity contribution in [2.24, 2.45) is 0 Å². The van der Waals surface area contributed by atoms with E-state index in [1.54, 1.807) is 12.1 Å². The molecule has 3 nitrogen and oxygen atoms in total. The molecule has 1 aliphatic rings. The second-order valence-electron chi connectivity index (χ2n) is 5.79. The van der Waals surface area contributed by atoms with Crippen molar-refractivity contribution in [1.82, 2.24) is 5.32 Å². The van der Waals surface area contributed by atoms with Crippen LogP contribution in [0, 0.1) is 0 Å². The maximum atomic E-state index is 12.1. The van der Waals surface area contributed by atoms with Crippen LogP contribution < -0.4 is 5.32 Å². The summed E-state index contributed by atoms with van der Waals surface area (Å²) < 4.78 is 0.937. The summed E-state index contributed by atoms with van der Waals surface area (Å²) in [5, 5.41) is 3.05. The van der Waals surface area contributed by atoms with Gasteiger partial charge in [-0.1, -0.05) is 52.3 Å². The van der Waals surface area contributed by atoms with Crippen LogP contribution in [-0.4, -0.2) is 11.7 Å². The fourth-order valence-electron chi connectivity index (χ4n) is 2.98. The van der Waals surface area contributed by atoms with Gasteiger partial charge in [-0.3, -0.25) is 9.59 Å². The van der Waals surface area contributed by atoms with Crippen LogP contribution in [0.5, 0.6) is 0 Å². The third kappa shape index (κ3) is 3.88. The van der Waals surface area contributed by atoms with Gasteiger partial charge in [-0.25, -0.2) is 0 Å². The van der Waals surface area contributed by atoms with E-state index in [4.69, 9.17) is 0 Å². The van der Waals surface area contributed by atoms with Gasteiger partial charge >= 0.3 is 0 Å². The number of aryl methyl sites for hydroxylation is 1. The van der Waals surface area contributed by atoms with Crippen LogP contribution in [-0.2, 0) is 11.2 Å². The minimum atomic E-state index is -0.0582. The minimum Gasteiger partial charge on any atom is -0.349 e. The molecule has 1 unspecified atom stereocenters. The third-order valence-electron chi connectivity index (χ3n) is 4.21. The van der Waals surface area contributed by atoms with E-state index in [9.17, 15) is 9.59 Å². The van der Waals surface area contributed by atoms with Gasteiger partial charge in [0.25, 0.3) is 0 Å². The highest BCUT2D eigenvalue weighted by atomic mass is 79.9. The van der Waals surface area contributed by atoms with Gasteiger partial charge in [0, 0.05) is 22.9 Å². The molecule has 1 atom stereocenters. The van der Waals surface area contributed by atoms with E-state index in [0.717, 1.165) is 17.3 Å². The van der Waals surface area contributed by atoms with Gasteiger partial charge < -0.3 is 5.32 Å². The topological polar surface area (TPSA) is 46.2 Å². The van der Waals surface area contributed by atoms with Gasteiger partial charge in [-0.05, 0) is 36.1 Å². The number of Topliss-reactive ketones (excluding diaryl/α,β-unsaturated/α-hetero) is 1. The summed E-state index contributed by atoms with van der Waals surface area (Å²) in [5.41, 5.74) is 3.16. The standard InChI is InChI=1S/C19H18BrNO2/c20-15-8-5-14(6-9-15)18(22)11-12-19(23)21-17-10-7-13-3-1-2-4-16(13)17/h1-6,8-9,17H,7,10-12H2,(H,21,23). The number of hydrogen-bond acceptors (Lipinski definition) is 2. The Morgan fingerprint density at radius 2 is 1.78 bits per heavy atom. The van der Waals surface area contributed by atoms with Gasteiger partial charge in [0.1, 0.15) is 0 Å². The van der Waals surface area contributed by atoms with E-state index in [1.807, 2.05) is 24.3 Å². The molecule has 0 saturated carbocycles. The van der Waals surface area contributed by atoms with Gasteiger partial charge in [0.05, 0.1) is 6.04 Å². The smallest absolute Gasteiger partial charge is 0.220 e. The second-order valence-corrected chi connectivity index (χ2v) is 6.70. The van der Waals surface area contributed by atoms with Crippen molar-refractivity contribution in [3.05, 3.63) is 69.7 Å². The lowest BCUT2D eigenvalue weighted by Gasteiger charge is -2.14. The molecule has 0 aromatic heterocycles. The lowest BCUT2D eigenvalue weighted by atomic mass is 10.1. The number of carbonyl (C=O) groups excluding carboxylic acids is 2. The van der Waals surface area contributed by atoms with Crippen LogP contribution in [0.25, 0.3) is 0 Å². The summed E-state index contributed by atoms with van der Waals surface area (Å²) >= 11 is 3.34. The first-order valence-corrected chi connectivity index (χ1v) is 8.59. The molecule has 0 bridgehead atoms. The van der Waals surface area contributed by atoms with Crippen molar-refractivity contribution in [2.75, 3.05) is 0 Å². The SMILES string of the molecule is O=C(CCC(=O)c1ccc(Br)cc1)NC1CCc2ccccc21. The third-order valence-corrected chi connectivity index (χ3v) is 4.74. The normalized spacial score (nSPS) is 16.0. The Kier molecular flexibility index (Phi) is 4.91. The van der Waals surface area contributed by atoms with E-state index < -0.39 is 0 Å². The molecule has 0 spiro atoms. The van der Waals surface area contributed by atoms with Crippen molar-refractivity contribution in [3.63, 3.8) is 0 Å². The largest absolute Gasteiger partial charge is 0.349 e. The van der Waals surface area contributed by atoms with Crippen LogP contribution in [0.3, 0.4) is 0 Å². The summed E-state index contributed by atoms with van der Waals surface area (Å²) in [6.07, 6.45) is 2.40. The molecule has 118 valence electrons.